The number of carbonyl (C=O) groups excluding carboxylic acids is 1. The van der Waals surface area contributed by atoms with Crippen LogP contribution in [0.25, 0.3) is 5.69 Å². The van der Waals surface area contributed by atoms with Gasteiger partial charge in [0, 0.05) is 12.8 Å². The first-order chi connectivity index (χ1) is 12.9. The largest absolute Gasteiger partial charge is 0.384 e. The van der Waals surface area contributed by atoms with Crippen LogP contribution in [0, 0.1) is 19.3 Å². The van der Waals surface area contributed by atoms with Crippen LogP contribution in [0.15, 0.2) is 30.3 Å². The third-order valence-corrected chi connectivity index (χ3v) is 5.46. The van der Waals surface area contributed by atoms with Crippen molar-refractivity contribution in [3.8, 4) is 5.69 Å². The summed E-state index contributed by atoms with van der Waals surface area (Å²) >= 11 is 0. The van der Waals surface area contributed by atoms with Crippen LogP contribution in [0.3, 0.4) is 0 Å². The highest BCUT2D eigenvalue weighted by Crippen LogP contribution is 2.30. The number of piperidine rings is 1. The Morgan fingerprint density at radius 1 is 1.24 bits per heavy atom. The molecule has 1 aromatic heterocycles. The Balaban J connectivity index is 0.00000210. The molecule has 3 rings (SSSR count). The van der Waals surface area contributed by atoms with Gasteiger partial charge in [-0.05, 0) is 70.5 Å². The summed E-state index contributed by atoms with van der Waals surface area (Å²) in [6.45, 7) is 8.23. The normalized spacial score (nSPS) is 16.3. The van der Waals surface area contributed by atoms with Crippen molar-refractivity contribution in [3.05, 3.63) is 47.3 Å². The summed E-state index contributed by atoms with van der Waals surface area (Å²) in [5, 5.41) is 11.0. The molecule has 1 aliphatic heterocycles. The molecular formula is C21H32Cl2N4O2. The number of benzene rings is 1. The Morgan fingerprint density at radius 3 is 2.38 bits per heavy atom. The van der Waals surface area contributed by atoms with Gasteiger partial charge in [0.05, 0.1) is 29.4 Å². The number of hydrogen-bond acceptors (Lipinski definition) is 4. The van der Waals surface area contributed by atoms with Crippen LogP contribution in [-0.2, 0) is 9.53 Å². The van der Waals surface area contributed by atoms with E-state index in [-0.39, 0.29) is 36.8 Å². The summed E-state index contributed by atoms with van der Waals surface area (Å²) in [5.74, 6) is 0.0842. The first-order valence-corrected chi connectivity index (χ1v) is 9.59. The number of halogens is 2. The van der Waals surface area contributed by atoms with Gasteiger partial charge in [-0.3, -0.25) is 4.79 Å². The number of amides is 1. The molecule has 162 valence electrons. The van der Waals surface area contributed by atoms with E-state index in [4.69, 9.17) is 4.74 Å². The zero-order valence-electron chi connectivity index (χ0n) is 17.5. The quantitative estimate of drug-likeness (QED) is 0.717. The zero-order valence-corrected chi connectivity index (χ0v) is 19.2. The minimum absolute atomic E-state index is 0. The number of aromatic nitrogens is 2. The number of methoxy groups -OCH3 is 1. The molecule has 1 unspecified atom stereocenters. The SMILES string of the molecule is COCC1(C(=O)NC(C)c2ccc(-n3nc(C)cc3C)cc2)CCNCC1.Cl.Cl. The molecule has 0 radical (unpaired) electrons. The number of carbonyl (C=O) groups is 1. The average molecular weight is 443 g/mol. The molecule has 1 saturated heterocycles. The molecule has 2 N–H and O–H groups in total. The molecule has 8 heteroatoms. The Bertz CT molecular complexity index is 781. The van der Waals surface area contributed by atoms with Gasteiger partial charge >= 0.3 is 0 Å². The summed E-state index contributed by atoms with van der Waals surface area (Å²) in [6, 6.07) is 10.2. The van der Waals surface area contributed by atoms with Crippen LogP contribution in [-0.4, -0.2) is 42.5 Å². The fraction of sp³-hybridized carbons (Fsp3) is 0.524. The van der Waals surface area contributed by atoms with Crippen LogP contribution < -0.4 is 10.6 Å². The fourth-order valence-electron chi connectivity index (χ4n) is 3.85. The fourth-order valence-corrected chi connectivity index (χ4v) is 3.85. The first kappa shape index (κ1) is 25.4. The maximum Gasteiger partial charge on any atom is 0.229 e. The molecule has 1 amide bonds. The van der Waals surface area contributed by atoms with Gasteiger partial charge < -0.3 is 15.4 Å². The summed E-state index contributed by atoms with van der Waals surface area (Å²) in [4.78, 5) is 13.0. The van der Waals surface area contributed by atoms with Crippen molar-refractivity contribution in [2.45, 2.75) is 39.7 Å². The van der Waals surface area contributed by atoms with E-state index in [2.05, 4.69) is 33.9 Å². The predicted molar refractivity (Wildman–Crippen MR) is 121 cm³/mol. The van der Waals surface area contributed by atoms with E-state index in [1.807, 2.05) is 37.6 Å². The Morgan fingerprint density at radius 2 is 1.86 bits per heavy atom. The van der Waals surface area contributed by atoms with Crippen molar-refractivity contribution in [1.29, 1.82) is 0 Å². The van der Waals surface area contributed by atoms with E-state index in [1.165, 1.54) is 0 Å². The van der Waals surface area contributed by atoms with Gasteiger partial charge in [-0.2, -0.15) is 5.10 Å². The van der Waals surface area contributed by atoms with Crippen molar-refractivity contribution in [1.82, 2.24) is 20.4 Å². The standard InChI is InChI=1S/C21H30N4O2.2ClH/c1-15-13-16(2)25(24-15)19-7-5-18(6-8-19)17(3)23-20(26)21(14-27-4)9-11-22-12-10-21;;/h5-8,13,17,22H,9-12,14H2,1-4H3,(H,23,26);2*1H. The van der Waals surface area contributed by atoms with Crippen LogP contribution >= 0.6 is 24.8 Å². The zero-order chi connectivity index (χ0) is 19.4. The van der Waals surface area contributed by atoms with Crippen LogP contribution in [0.5, 0.6) is 0 Å². The number of nitrogens with zero attached hydrogens (tertiary/aromatic N) is 2. The minimum Gasteiger partial charge on any atom is -0.384 e. The number of rotatable bonds is 6. The van der Waals surface area contributed by atoms with Gasteiger partial charge in [0.15, 0.2) is 0 Å². The first-order valence-electron chi connectivity index (χ1n) is 9.59. The molecule has 1 atom stereocenters. The van der Waals surface area contributed by atoms with Gasteiger partial charge in [0.1, 0.15) is 0 Å². The van der Waals surface area contributed by atoms with E-state index in [0.29, 0.717) is 6.61 Å². The predicted octanol–water partition coefficient (Wildman–Crippen LogP) is 3.53. The molecule has 0 saturated carbocycles. The van der Waals surface area contributed by atoms with Crippen LogP contribution in [0.4, 0.5) is 0 Å². The monoisotopic (exact) mass is 442 g/mol. The van der Waals surface area contributed by atoms with Crippen molar-refractivity contribution in [3.63, 3.8) is 0 Å². The highest BCUT2D eigenvalue weighted by molar-refractivity contribution is 5.85. The second-order valence-corrected chi connectivity index (χ2v) is 7.59. The number of nitrogens with one attached hydrogen (secondary N) is 2. The summed E-state index contributed by atoms with van der Waals surface area (Å²) in [7, 11) is 1.66. The van der Waals surface area contributed by atoms with Gasteiger partial charge in [0.2, 0.25) is 5.91 Å². The van der Waals surface area contributed by atoms with E-state index >= 15 is 0 Å². The van der Waals surface area contributed by atoms with Gasteiger partial charge in [-0.15, -0.1) is 24.8 Å². The second kappa shape index (κ2) is 11.0. The molecular weight excluding hydrogens is 411 g/mol. The lowest BCUT2D eigenvalue weighted by molar-refractivity contribution is -0.136. The lowest BCUT2D eigenvalue weighted by Crippen LogP contribution is -2.50. The van der Waals surface area contributed by atoms with E-state index in [9.17, 15) is 4.79 Å². The van der Waals surface area contributed by atoms with E-state index in [0.717, 1.165) is 48.6 Å². The number of hydrogen-bond donors (Lipinski definition) is 2. The van der Waals surface area contributed by atoms with Crippen molar-refractivity contribution in [2.24, 2.45) is 5.41 Å². The number of ether oxygens (including phenoxy) is 1. The lowest BCUT2D eigenvalue weighted by Gasteiger charge is -2.36. The lowest BCUT2D eigenvalue weighted by atomic mass is 9.78. The van der Waals surface area contributed by atoms with Gasteiger partial charge in [0.25, 0.3) is 0 Å². The minimum atomic E-state index is -0.433. The summed E-state index contributed by atoms with van der Waals surface area (Å²) < 4.78 is 7.31. The molecule has 6 nitrogen and oxygen atoms in total. The van der Waals surface area contributed by atoms with Gasteiger partial charge in [-0.1, -0.05) is 12.1 Å². The maximum atomic E-state index is 13.0. The molecule has 0 spiro atoms. The van der Waals surface area contributed by atoms with Crippen molar-refractivity contribution < 1.29 is 9.53 Å². The molecule has 0 bridgehead atoms. The molecule has 1 aromatic carbocycles. The van der Waals surface area contributed by atoms with E-state index < -0.39 is 5.41 Å². The van der Waals surface area contributed by atoms with Crippen LogP contribution in [0.2, 0.25) is 0 Å². The van der Waals surface area contributed by atoms with Crippen LogP contribution in [0.1, 0.15) is 42.8 Å². The average Bonchev–Trinajstić information content (AvgIpc) is 3.01. The number of aryl methyl sites for hydroxylation is 2. The van der Waals surface area contributed by atoms with E-state index in [1.54, 1.807) is 7.11 Å². The third-order valence-electron chi connectivity index (χ3n) is 5.46. The highest BCUT2D eigenvalue weighted by atomic mass is 35.5. The van der Waals surface area contributed by atoms with Gasteiger partial charge in [-0.25, -0.2) is 4.68 Å². The highest BCUT2D eigenvalue weighted by Gasteiger charge is 2.40. The molecule has 0 aliphatic carbocycles. The summed E-state index contributed by atoms with van der Waals surface area (Å²) in [6.07, 6.45) is 1.60. The molecule has 2 aromatic rings. The van der Waals surface area contributed by atoms with Crippen molar-refractivity contribution in [2.75, 3.05) is 26.8 Å². The molecule has 2 heterocycles. The molecule has 29 heavy (non-hydrogen) atoms. The molecule has 1 fully saturated rings. The summed E-state index contributed by atoms with van der Waals surface area (Å²) in [5.41, 5.74) is 3.78. The Kier molecular flexibility index (Phi) is 9.62. The Labute approximate surface area is 185 Å². The maximum absolute atomic E-state index is 13.0. The second-order valence-electron chi connectivity index (χ2n) is 7.59. The molecule has 1 aliphatic rings. The smallest absolute Gasteiger partial charge is 0.229 e. The van der Waals surface area contributed by atoms with Crippen molar-refractivity contribution >= 4 is 30.7 Å². The Hall–Kier alpha value is -1.60. The third kappa shape index (κ3) is 5.72. The topological polar surface area (TPSA) is 68.2 Å².